The third-order valence-electron chi connectivity index (χ3n) is 2.48. The van der Waals surface area contributed by atoms with Crippen LogP contribution in [0.3, 0.4) is 0 Å². The van der Waals surface area contributed by atoms with Crippen LogP contribution in [0, 0.1) is 0 Å². The van der Waals surface area contributed by atoms with Crippen molar-refractivity contribution in [3.8, 4) is 0 Å². The molecule has 7 nitrogen and oxygen atoms in total. The van der Waals surface area contributed by atoms with Crippen molar-refractivity contribution < 1.29 is 38.3 Å². The van der Waals surface area contributed by atoms with Gasteiger partial charge < -0.3 is 10.3 Å². The second-order valence-corrected chi connectivity index (χ2v) is 5.25. The monoisotopic (exact) mass is 356 g/mol. The highest BCUT2D eigenvalue weighted by molar-refractivity contribution is 8.00. The maximum absolute atomic E-state index is 12.8. The fourth-order valence-corrected chi connectivity index (χ4v) is 2.70. The first-order chi connectivity index (χ1) is 10.8. The van der Waals surface area contributed by atoms with E-state index in [1.807, 2.05) is 0 Å². The average Bonchev–Trinajstić information content (AvgIpc) is 2.51. The predicted octanol–water partition coefficient (Wildman–Crippen LogP) is 1.87. The molecule has 0 saturated heterocycles. The first-order valence-corrected chi connectivity index (χ1v) is 6.88. The van der Waals surface area contributed by atoms with Gasteiger partial charge in [0.15, 0.2) is 0 Å². The topological polar surface area (TPSA) is 133 Å². The lowest BCUT2D eigenvalue weighted by molar-refractivity contribution is -0.140. The van der Waals surface area contributed by atoms with Crippen LogP contribution in [0.15, 0.2) is 29.2 Å². The highest BCUT2D eigenvalue weighted by Gasteiger charge is 2.34. The number of nitrogens with one attached hydrogen (secondary N) is 1. The van der Waals surface area contributed by atoms with Crippen LogP contribution in [0.2, 0.25) is 0 Å². The van der Waals surface area contributed by atoms with Crippen LogP contribution in [-0.4, -0.2) is 32.6 Å². The van der Waals surface area contributed by atoms with Gasteiger partial charge in [-0.05, 0) is 18.6 Å². The summed E-state index contributed by atoms with van der Waals surface area (Å²) in [6, 6.07) is 4.65. The van der Waals surface area contributed by atoms with Gasteiger partial charge >= 0.3 is 12.1 Å². The number of carboxylic acids is 1. The molecule has 130 valence electrons. The van der Waals surface area contributed by atoms with Crippen molar-refractivity contribution >= 4 is 23.6 Å². The van der Waals surface area contributed by atoms with Crippen LogP contribution >= 0.6 is 11.8 Å². The highest BCUT2D eigenvalue weighted by Crippen LogP contribution is 2.38. The van der Waals surface area contributed by atoms with Crippen molar-refractivity contribution in [2.24, 2.45) is 5.90 Å². The summed E-state index contributed by atoms with van der Waals surface area (Å²) in [5.74, 6) is 1.37. The quantitative estimate of drug-likeness (QED) is 0.298. The molecule has 0 bridgehead atoms. The number of benzene rings is 1. The fourth-order valence-electron chi connectivity index (χ4n) is 1.53. The Morgan fingerprint density at radius 3 is 2.30 bits per heavy atom. The number of carbonyl (C=O) groups is 2. The molecule has 1 aromatic carbocycles. The Labute approximate surface area is 133 Å². The molecule has 0 fully saturated rings. The molecule has 1 atom stereocenters. The van der Waals surface area contributed by atoms with Gasteiger partial charge in [0.25, 0.3) is 5.91 Å². The molecule has 1 rings (SSSR count). The second-order valence-electron chi connectivity index (χ2n) is 4.01. The largest absolute Gasteiger partial charge is 0.481 e. The minimum Gasteiger partial charge on any atom is -0.481 e. The molecule has 0 aliphatic rings. The molecule has 0 aliphatic carbocycles. The van der Waals surface area contributed by atoms with E-state index >= 15 is 0 Å². The number of halogens is 3. The van der Waals surface area contributed by atoms with E-state index in [0.29, 0.717) is 11.8 Å². The zero-order valence-electron chi connectivity index (χ0n) is 11.6. The molecule has 0 saturated carbocycles. The average molecular weight is 356 g/mol. The Hall–Kier alpha value is -1.82. The number of thioether (sulfide) groups is 1. The van der Waals surface area contributed by atoms with Crippen LogP contribution in [0.5, 0.6) is 0 Å². The highest BCUT2D eigenvalue weighted by atomic mass is 32.2. The van der Waals surface area contributed by atoms with E-state index in [2.05, 4.69) is 5.90 Å². The Kier molecular flexibility index (Phi) is 9.25. The number of hydrogen-bond donors (Lipinski definition) is 5. The number of hydroxylamine groups is 1. The van der Waals surface area contributed by atoms with Crippen LogP contribution < -0.4 is 11.4 Å². The smallest absolute Gasteiger partial charge is 0.417 e. The molecular weight excluding hydrogens is 341 g/mol. The lowest BCUT2D eigenvalue weighted by Gasteiger charge is -2.17. The summed E-state index contributed by atoms with van der Waals surface area (Å²) in [6.07, 6.45) is -5.20. The summed E-state index contributed by atoms with van der Waals surface area (Å²) < 4.78 is 38.5. The second kappa shape index (κ2) is 10.0. The zero-order valence-corrected chi connectivity index (χ0v) is 12.4. The number of rotatable bonds is 6. The molecule has 1 amide bonds. The maximum atomic E-state index is 12.8. The third-order valence-corrected chi connectivity index (χ3v) is 3.83. The number of amides is 1. The molecule has 0 heterocycles. The standard InChI is InChI=1S/C12H12F3NO4S.H3NO/c13-12(14,15)7-3-1-2-4-8(7)21-9(11(19)16-20)5-6-10(17)18;1-2/h1-4,9,20H,5-6H2,(H,16,19)(H,17,18);2H,1H2. The normalized spacial score (nSPS) is 11.9. The van der Waals surface area contributed by atoms with E-state index in [9.17, 15) is 22.8 Å². The first-order valence-electron chi connectivity index (χ1n) is 6.00. The van der Waals surface area contributed by atoms with Gasteiger partial charge in [0, 0.05) is 11.3 Å². The van der Waals surface area contributed by atoms with Crippen LogP contribution in [-0.2, 0) is 15.8 Å². The van der Waals surface area contributed by atoms with E-state index in [-0.39, 0.29) is 11.3 Å². The SMILES string of the molecule is NO.O=C(O)CCC(Sc1ccccc1C(F)(F)F)C(=O)NO. The Balaban J connectivity index is 0.00000232. The Bertz CT molecular complexity index is 528. The molecule has 23 heavy (non-hydrogen) atoms. The number of carboxylic acid groups (broad SMARTS) is 1. The summed E-state index contributed by atoms with van der Waals surface area (Å²) >= 11 is 0.562. The Morgan fingerprint density at radius 1 is 1.26 bits per heavy atom. The molecule has 0 spiro atoms. The van der Waals surface area contributed by atoms with Crippen LogP contribution in [0.1, 0.15) is 18.4 Å². The predicted molar refractivity (Wildman–Crippen MR) is 73.9 cm³/mol. The van der Waals surface area contributed by atoms with Crippen molar-refractivity contribution in [2.45, 2.75) is 29.2 Å². The zero-order chi connectivity index (χ0) is 18.0. The van der Waals surface area contributed by atoms with E-state index < -0.39 is 35.3 Å². The van der Waals surface area contributed by atoms with Crippen molar-refractivity contribution in [3.05, 3.63) is 29.8 Å². The maximum Gasteiger partial charge on any atom is 0.417 e. The van der Waals surface area contributed by atoms with Crippen molar-refractivity contribution in [1.82, 2.24) is 5.48 Å². The Morgan fingerprint density at radius 2 is 1.83 bits per heavy atom. The molecule has 6 N–H and O–H groups in total. The minimum atomic E-state index is -4.59. The van der Waals surface area contributed by atoms with Gasteiger partial charge in [-0.3, -0.25) is 14.8 Å². The van der Waals surface area contributed by atoms with Crippen molar-refractivity contribution in [2.75, 3.05) is 0 Å². The molecule has 0 aromatic heterocycles. The lowest BCUT2D eigenvalue weighted by Crippen LogP contribution is -2.30. The molecular formula is C12H15F3N2O5S. The van der Waals surface area contributed by atoms with Crippen LogP contribution in [0.4, 0.5) is 13.2 Å². The lowest BCUT2D eigenvalue weighted by atomic mass is 10.2. The van der Waals surface area contributed by atoms with Gasteiger partial charge in [0.2, 0.25) is 0 Å². The first kappa shape index (κ1) is 21.2. The summed E-state index contributed by atoms with van der Waals surface area (Å²) in [4.78, 5) is 21.7. The summed E-state index contributed by atoms with van der Waals surface area (Å²) in [5, 5.41) is 22.5. The number of carbonyl (C=O) groups excluding carboxylic acids is 1. The number of aliphatic carboxylic acids is 1. The number of nitrogens with two attached hydrogens (primary N) is 1. The van der Waals surface area contributed by atoms with E-state index in [1.54, 1.807) is 0 Å². The fraction of sp³-hybridized carbons (Fsp3) is 0.333. The van der Waals surface area contributed by atoms with Gasteiger partial charge in [0.1, 0.15) is 0 Å². The van der Waals surface area contributed by atoms with E-state index in [1.165, 1.54) is 23.7 Å². The summed E-state index contributed by atoms with van der Waals surface area (Å²) in [7, 11) is 0. The van der Waals surface area contributed by atoms with Gasteiger partial charge in [0.05, 0.1) is 10.8 Å². The van der Waals surface area contributed by atoms with Gasteiger partial charge in [-0.15, -0.1) is 11.8 Å². The van der Waals surface area contributed by atoms with Gasteiger partial charge in [-0.2, -0.15) is 13.2 Å². The molecule has 1 aromatic rings. The minimum absolute atomic E-state index is 0.205. The molecule has 11 heteroatoms. The molecule has 1 unspecified atom stereocenters. The van der Waals surface area contributed by atoms with Crippen molar-refractivity contribution in [3.63, 3.8) is 0 Å². The van der Waals surface area contributed by atoms with Crippen LogP contribution in [0.25, 0.3) is 0 Å². The number of hydrogen-bond acceptors (Lipinski definition) is 6. The third kappa shape index (κ3) is 7.32. The molecule has 0 aliphatic heterocycles. The number of alkyl halides is 3. The molecule has 0 radical (unpaired) electrons. The van der Waals surface area contributed by atoms with Gasteiger partial charge in [-0.1, -0.05) is 12.1 Å². The summed E-state index contributed by atoms with van der Waals surface area (Å²) in [5.41, 5.74) is 0.418. The van der Waals surface area contributed by atoms with Gasteiger partial charge in [-0.25, -0.2) is 11.4 Å². The van der Waals surface area contributed by atoms with Crippen molar-refractivity contribution in [1.29, 1.82) is 0 Å². The van der Waals surface area contributed by atoms with E-state index in [0.717, 1.165) is 6.07 Å². The van der Waals surface area contributed by atoms with E-state index in [4.69, 9.17) is 15.5 Å². The summed E-state index contributed by atoms with van der Waals surface area (Å²) in [6.45, 7) is 0.